The quantitative estimate of drug-likeness (QED) is 0.335. The van der Waals surface area contributed by atoms with Gasteiger partial charge in [-0.3, -0.25) is 9.59 Å². The van der Waals surface area contributed by atoms with E-state index in [2.05, 4.69) is 33.0 Å². The second-order valence-electron chi connectivity index (χ2n) is 9.57. The van der Waals surface area contributed by atoms with E-state index >= 15 is 0 Å². The molecule has 1 atom stereocenters. The van der Waals surface area contributed by atoms with E-state index in [1.165, 1.54) is 0 Å². The largest absolute Gasteiger partial charge is 0.508 e. The van der Waals surface area contributed by atoms with Crippen LogP contribution in [0.25, 0.3) is 0 Å². The molecule has 3 aromatic carbocycles. The Bertz CT molecular complexity index is 1080. The van der Waals surface area contributed by atoms with Crippen molar-refractivity contribution in [2.45, 2.75) is 58.8 Å². The lowest BCUT2D eigenvalue weighted by atomic mass is 9.87. The molecule has 4 heteroatoms. The van der Waals surface area contributed by atoms with E-state index in [1.54, 1.807) is 12.1 Å². The molecule has 0 saturated heterocycles. The van der Waals surface area contributed by atoms with Crippen molar-refractivity contribution in [2.75, 3.05) is 5.32 Å². The number of para-hydroxylation sites is 1. The van der Waals surface area contributed by atoms with Gasteiger partial charge in [-0.2, -0.15) is 0 Å². The number of anilines is 1. The summed E-state index contributed by atoms with van der Waals surface area (Å²) in [6.45, 7) is 8.42. The molecule has 0 radical (unpaired) electrons. The van der Waals surface area contributed by atoms with Crippen molar-refractivity contribution < 1.29 is 14.7 Å². The SMILES string of the molecule is CC(C)c1cccc(C(C)C)c1NC(=O)CC(=O)C(Cc1ccccc1)Cc1ccc(O)cc1. The summed E-state index contributed by atoms with van der Waals surface area (Å²) in [4.78, 5) is 26.4. The van der Waals surface area contributed by atoms with Crippen LogP contribution in [-0.4, -0.2) is 16.8 Å². The number of phenols is 1. The maximum Gasteiger partial charge on any atom is 0.231 e. The number of carbonyl (C=O) groups is 2. The van der Waals surface area contributed by atoms with Gasteiger partial charge in [0.2, 0.25) is 5.91 Å². The first-order valence-electron chi connectivity index (χ1n) is 12.0. The average molecular weight is 458 g/mol. The molecule has 1 unspecified atom stereocenters. The zero-order valence-corrected chi connectivity index (χ0v) is 20.5. The molecule has 1 amide bonds. The van der Waals surface area contributed by atoms with Crippen LogP contribution in [0.1, 0.15) is 68.2 Å². The highest BCUT2D eigenvalue weighted by Crippen LogP contribution is 2.32. The molecule has 178 valence electrons. The Hall–Kier alpha value is -3.40. The van der Waals surface area contributed by atoms with E-state index in [0.29, 0.717) is 12.8 Å². The van der Waals surface area contributed by atoms with Crippen LogP contribution in [0.15, 0.2) is 72.8 Å². The molecule has 3 rings (SSSR count). The molecule has 0 bridgehead atoms. The number of aromatic hydroxyl groups is 1. The van der Waals surface area contributed by atoms with Crippen molar-refractivity contribution in [1.82, 2.24) is 0 Å². The van der Waals surface area contributed by atoms with E-state index in [1.807, 2.05) is 60.7 Å². The highest BCUT2D eigenvalue weighted by molar-refractivity contribution is 6.05. The number of nitrogens with one attached hydrogen (secondary N) is 1. The van der Waals surface area contributed by atoms with Gasteiger partial charge in [-0.15, -0.1) is 0 Å². The van der Waals surface area contributed by atoms with Gasteiger partial charge < -0.3 is 10.4 Å². The van der Waals surface area contributed by atoms with Crippen LogP contribution >= 0.6 is 0 Å². The Morgan fingerprint density at radius 3 is 1.79 bits per heavy atom. The molecule has 3 aromatic rings. The van der Waals surface area contributed by atoms with Gasteiger partial charge >= 0.3 is 0 Å². The fraction of sp³-hybridized carbons (Fsp3) is 0.333. The summed E-state index contributed by atoms with van der Waals surface area (Å²) in [5.41, 5.74) is 5.02. The number of carbonyl (C=O) groups excluding carboxylic acids is 2. The van der Waals surface area contributed by atoms with Gasteiger partial charge in [-0.05, 0) is 59.1 Å². The van der Waals surface area contributed by atoms with Gasteiger partial charge in [0, 0.05) is 11.6 Å². The minimum absolute atomic E-state index is 0.0810. The standard InChI is InChI=1S/C30H35NO3/c1-20(2)26-11-8-12-27(21(3)4)30(26)31-29(34)19-28(33)24(17-22-9-6-5-7-10-22)18-23-13-15-25(32)16-14-23/h5-16,20-21,24,32H,17-19H2,1-4H3,(H,31,34). The minimum atomic E-state index is -0.331. The molecule has 0 aromatic heterocycles. The third kappa shape index (κ3) is 6.80. The van der Waals surface area contributed by atoms with Gasteiger partial charge in [0.05, 0.1) is 6.42 Å². The zero-order chi connectivity index (χ0) is 24.7. The van der Waals surface area contributed by atoms with Gasteiger partial charge in [0.15, 0.2) is 0 Å². The summed E-state index contributed by atoms with van der Waals surface area (Å²) < 4.78 is 0. The second-order valence-corrected chi connectivity index (χ2v) is 9.57. The first-order chi connectivity index (χ1) is 16.2. The predicted molar refractivity (Wildman–Crippen MR) is 138 cm³/mol. The van der Waals surface area contributed by atoms with Gasteiger partial charge in [-0.1, -0.05) is 88.4 Å². The molecule has 0 aliphatic rings. The summed E-state index contributed by atoms with van der Waals surface area (Å²) in [6.07, 6.45) is 0.911. The second kappa shape index (κ2) is 11.6. The van der Waals surface area contributed by atoms with Crippen LogP contribution in [0.5, 0.6) is 5.75 Å². The molecular weight excluding hydrogens is 422 g/mol. The van der Waals surface area contributed by atoms with Crippen LogP contribution in [-0.2, 0) is 22.4 Å². The van der Waals surface area contributed by atoms with E-state index in [9.17, 15) is 14.7 Å². The Morgan fingerprint density at radius 2 is 1.26 bits per heavy atom. The van der Waals surface area contributed by atoms with Crippen LogP contribution in [0.4, 0.5) is 5.69 Å². The Kier molecular flexibility index (Phi) is 8.64. The molecule has 0 fully saturated rings. The van der Waals surface area contributed by atoms with Crippen molar-refractivity contribution in [1.29, 1.82) is 0 Å². The van der Waals surface area contributed by atoms with E-state index in [0.717, 1.165) is 27.9 Å². The molecule has 0 heterocycles. The van der Waals surface area contributed by atoms with Crippen molar-refractivity contribution in [3.63, 3.8) is 0 Å². The monoisotopic (exact) mass is 457 g/mol. The van der Waals surface area contributed by atoms with Crippen LogP contribution in [0.2, 0.25) is 0 Å². The van der Waals surface area contributed by atoms with Crippen molar-refractivity contribution in [3.05, 3.63) is 95.1 Å². The Balaban J connectivity index is 1.79. The maximum absolute atomic E-state index is 13.3. The van der Waals surface area contributed by atoms with Gasteiger partial charge in [0.25, 0.3) is 0 Å². The average Bonchev–Trinajstić information content (AvgIpc) is 2.80. The first kappa shape index (κ1) is 25.2. The van der Waals surface area contributed by atoms with Crippen LogP contribution in [0.3, 0.4) is 0 Å². The third-order valence-electron chi connectivity index (χ3n) is 6.17. The van der Waals surface area contributed by atoms with Crippen LogP contribution < -0.4 is 5.32 Å². The molecule has 2 N–H and O–H groups in total. The molecule has 4 nitrogen and oxygen atoms in total. The van der Waals surface area contributed by atoms with Gasteiger partial charge in [-0.25, -0.2) is 0 Å². The van der Waals surface area contributed by atoms with Crippen molar-refractivity contribution >= 4 is 17.4 Å². The number of ketones is 1. The summed E-state index contributed by atoms with van der Waals surface area (Å²) in [5.74, 6) is 0.0165. The molecule has 34 heavy (non-hydrogen) atoms. The highest BCUT2D eigenvalue weighted by Gasteiger charge is 2.24. The molecular formula is C30H35NO3. The van der Waals surface area contributed by atoms with Crippen molar-refractivity contribution in [2.24, 2.45) is 5.92 Å². The summed E-state index contributed by atoms with van der Waals surface area (Å²) >= 11 is 0. The fourth-order valence-electron chi connectivity index (χ4n) is 4.30. The number of amides is 1. The number of hydrogen-bond donors (Lipinski definition) is 2. The number of hydrogen-bond acceptors (Lipinski definition) is 3. The zero-order valence-electron chi connectivity index (χ0n) is 20.5. The van der Waals surface area contributed by atoms with Gasteiger partial charge in [0.1, 0.15) is 11.5 Å². The predicted octanol–water partition coefficient (Wildman–Crippen LogP) is 6.64. The fourth-order valence-corrected chi connectivity index (χ4v) is 4.30. The topological polar surface area (TPSA) is 66.4 Å². The highest BCUT2D eigenvalue weighted by atomic mass is 16.3. The van der Waals surface area contributed by atoms with E-state index < -0.39 is 0 Å². The smallest absolute Gasteiger partial charge is 0.231 e. The molecule has 0 spiro atoms. The summed E-state index contributed by atoms with van der Waals surface area (Å²) in [5, 5.41) is 12.7. The lowest BCUT2D eigenvalue weighted by Crippen LogP contribution is -2.26. The van der Waals surface area contributed by atoms with Crippen molar-refractivity contribution in [3.8, 4) is 5.75 Å². The summed E-state index contributed by atoms with van der Waals surface area (Å²) in [6, 6.07) is 22.9. The number of phenolic OH excluding ortho intramolecular Hbond substituents is 1. The summed E-state index contributed by atoms with van der Waals surface area (Å²) in [7, 11) is 0. The number of benzene rings is 3. The lowest BCUT2D eigenvalue weighted by Gasteiger charge is -2.21. The third-order valence-corrected chi connectivity index (χ3v) is 6.17. The normalized spacial score (nSPS) is 12.1. The molecule has 0 aliphatic carbocycles. The number of Topliss-reactive ketones (excluding diaryl/α,β-unsaturated/α-hetero) is 1. The molecule has 0 aliphatic heterocycles. The number of rotatable bonds is 10. The Morgan fingerprint density at radius 1 is 0.735 bits per heavy atom. The first-order valence-corrected chi connectivity index (χ1v) is 12.0. The Labute approximate surface area is 203 Å². The van der Waals surface area contributed by atoms with Crippen LogP contribution in [0, 0.1) is 5.92 Å². The molecule has 0 saturated carbocycles. The minimum Gasteiger partial charge on any atom is -0.508 e. The van der Waals surface area contributed by atoms with E-state index in [4.69, 9.17) is 0 Å². The van der Waals surface area contributed by atoms with E-state index in [-0.39, 0.29) is 41.6 Å². The maximum atomic E-state index is 13.3. The lowest BCUT2D eigenvalue weighted by molar-refractivity contribution is -0.128.